The molecule has 0 radical (unpaired) electrons. The zero-order valence-electron chi connectivity index (χ0n) is 19.3. The molecular weight excluding hydrogens is 435 g/mol. The number of benzene rings is 2. The Kier molecular flexibility index (Phi) is 6.94. The average molecular weight is 465 g/mol. The van der Waals surface area contributed by atoms with Crippen LogP contribution in [0.5, 0.6) is 0 Å². The van der Waals surface area contributed by atoms with Gasteiger partial charge < -0.3 is 9.80 Å². The van der Waals surface area contributed by atoms with Crippen LogP contribution in [-0.2, 0) is 11.2 Å². The molecule has 33 heavy (non-hydrogen) atoms. The van der Waals surface area contributed by atoms with E-state index in [1.165, 1.54) is 21.9 Å². The summed E-state index contributed by atoms with van der Waals surface area (Å²) in [7, 11) is 0. The summed E-state index contributed by atoms with van der Waals surface area (Å²) in [5.41, 5.74) is 3.37. The first-order valence-corrected chi connectivity index (χ1v) is 12.2. The molecule has 1 aliphatic rings. The fraction of sp³-hybridized carbons (Fsp3) is 0.333. The minimum Gasteiger partial charge on any atom is -0.330 e. The summed E-state index contributed by atoms with van der Waals surface area (Å²) in [5.74, 6) is -0.994. The lowest BCUT2D eigenvalue weighted by molar-refractivity contribution is -0.134. The number of thiophene rings is 1. The molecule has 1 aromatic heterocycles. The summed E-state index contributed by atoms with van der Waals surface area (Å²) >= 11 is 1.72. The number of amides is 2. The summed E-state index contributed by atoms with van der Waals surface area (Å²) in [4.78, 5) is 31.5. The second-order valence-corrected chi connectivity index (χ2v) is 10.0. The minimum atomic E-state index is -0.567. The van der Waals surface area contributed by atoms with E-state index in [1.54, 1.807) is 23.5 Å². The van der Waals surface area contributed by atoms with E-state index >= 15 is 0 Å². The Labute approximate surface area is 198 Å². The van der Waals surface area contributed by atoms with E-state index in [0.29, 0.717) is 13.1 Å². The Bertz CT molecular complexity index is 1140. The minimum absolute atomic E-state index is 0.000186. The van der Waals surface area contributed by atoms with E-state index < -0.39 is 11.7 Å². The number of carbonyl (C=O) groups excluding carboxylic acids is 2. The molecule has 0 spiro atoms. The second kappa shape index (κ2) is 9.87. The topological polar surface area (TPSA) is 40.6 Å². The molecule has 0 fully saturated rings. The first-order chi connectivity index (χ1) is 15.8. The van der Waals surface area contributed by atoms with E-state index in [1.807, 2.05) is 25.7 Å². The maximum atomic E-state index is 14.3. The molecule has 1 unspecified atom stereocenters. The zero-order chi connectivity index (χ0) is 23.5. The zero-order valence-corrected chi connectivity index (χ0v) is 20.1. The lowest BCUT2D eigenvalue weighted by Crippen LogP contribution is -2.47. The van der Waals surface area contributed by atoms with Crippen molar-refractivity contribution in [3.8, 4) is 0 Å². The van der Waals surface area contributed by atoms with Gasteiger partial charge >= 0.3 is 0 Å². The standard InChI is InChI=1S/C27H29FN2O2S/c1-18(2)16-29(27(32)21-6-4-5-7-23(21)28)17-25(31)30-14-12-24-22(13-15-33-24)26(30)20-10-8-19(3)9-11-20/h4-11,13,15,18,26H,12,14,16-17H2,1-3H3. The summed E-state index contributed by atoms with van der Waals surface area (Å²) in [6, 6.07) is 16.1. The number of halogens is 1. The summed E-state index contributed by atoms with van der Waals surface area (Å²) in [5, 5.41) is 2.08. The Morgan fingerprint density at radius 2 is 1.85 bits per heavy atom. The number of carbonyl (C=O) groups is 2. The molecule has 4 rings (SSSR count). The Morgan fingerprint density at radius 1 is 1.12 bits per heavy atom. The maximum Gasteiger partial charge on any atom is 0.257 e. The number of nitrogens with zero attached hydrogens (tertiary/aromatic N) is 2. The molecule has 2 amide bonds. The molecule has 0 bridgehead atoms. The number of fused-ring (bicyclic) bond motifs is 1. The van der Waals surface area contributed by atoms with Crippen LogP contribution in [0, 0.1) is 18.7 Å². The van der Waals surface area contributed by atoms with Crippen molar-refractivity contribution >= 4 is 23.2 Å². The summed E-state index contributed by atoms with van der Waals surface area (Å²) < 4.78 is 14.3. The summed E-state index contributed by atoms with van der Waals surface area (Å²) in [6.07, 6.45) is 0.798. The molecule has 4 nitrogen and oxygen atoms in total. The Balaban J connectivity index is 1.63. The van der Waals surface area contributed by atoms with Crippen LogP contribution in [-0.4, -0.2) is 41.2 Å². The third kappa shape index (κ3) is 5.01. The highest BCUT2D eigenvalue weighted by Gasteiger charge is 2.34. The van der Waals surface area contributed by atoms with Crippen molar-refractivity contribution in [3.05, 3.63) is 92.9 Å². The molecule has 0 N–H and O–H groups in total. The van der Waals surface area contributed by atoms with Crippen LogP contribution in [0.4, 0.5) is 4.39 Å². The number of hydrogen-bond acceptors (Lipinski definition) is 3. The normalized spacial score (nSPS) is 15.4. The highest BCUT2D eigenvalue weighted by atomic mass is 32.1. The molecule has 6 heteroatoms. The largest absolute Gasteiger partial charge is 0.330 e. The monoisotopic (exact) mass is 464 g/mol. The van der Waals surface area contributed by atoms with Crippen molar-refractivity contribution in [2.75, 3.05) is 19.6 Å². The highest BCUT2D eigenvalue weighted by Crippen LogP contribution is 2.38. The molecule has 2 heterocycles. The van der Waals surface area contributed by atoms with Crippen molar-refractivity contribution in [1.29, 1.82) is 0 Å². The fourth-order valence-electron chi connectivity index (χ4n) is 4.41. The first kappa shape index (κ1) is 23.2. The van der Waals surface area contributed by atoms with Crippen LogP contribution in [0.15, 0.2) is 60.0 Å². The predicted molar refractivity (Wildman–Crippen MR) is 130 cm³/mol. The van der Waals surface area contributed by atoms with Gasteiger partial charge in [0.25, 0.3) is 5.91 Å². The Morgan fingerprint density at radius 3 is 2.55 bits per heavy atom. The molecule has 0 saturated heterocycles. The fourth-order valence-corrected chi connectivity index (χ4v) is 5.32. The molecule has 0 saturated carbocycles. The van der Waals surface area contributed by atoms with Gasteiger partial charge in [0.2, 0.25) is 5.91 Å². The average Bonchev–Trinajstić information content (AvgIpc) is 3.27. The van der Waals surface area contributed by atoms with Crippen molar-refractivity contribution in [2.45, 2.75) is 33.2 Å². The van der Waals surface area contributed by atoms with E-state index in [9.17, 15) is 14.0 Å². The van der Waals surface area contributed by atoms with Gasteiger partial charge in [-0.1, -0.05) is 55.8 Å². The van der Waals surface area contributed by atoms with Gasteiger partial charge in [0.15, 0.2) is 0 Å². The van der Waals surface area contributed by atoms with Gasteiger partial charge in [-0.15, -0.1) is 11.3 Å². The van der Waals surface area contributed by atoms with Gasteiger partial charge in [-0.2, -0.15) is 0 Å². The molecule has 2 aromatic carbocycles. The van der Waals surface area contributed by atoms with Crippen molar-refractivity contribution in [1.82, 2.24) is 9.80 Å². The van der Waals surface area contributed by atoms with E-state index in [4.69, 9.17) is 0 Å². The van der Waals surface area contributed by atoms with Crippen LogP contribution < -0.4 is 0 Å². The van der Waals surface area contributed by atoms with E-state index in [-0.39, 0.29) is 30.0 Å². The molecule has 1 aliphatic heterocycles. The molecule has 0 aliphatic carbocycles. The maximum absolute atomic E-state index is 14.3. The quantitative estimate of drug-likeness (QED) is 0.486. The van der Waals surface area contributed by atoms with Gasteiger partial charge in [-0.3, -0.25) is 9.59 Å². The van der Waals surface area contributed by atoms with Crippen LogP contribution in [0.1, 0.15) is 51.8 Å². The van der Waals surface area contributed by atoms with Crippen molar-refractivity contribution in [3.63, 3.8) is 0 Å². The predicted octanol–water partition coefficient (Wildman–Crippen LogP) is 5.47. The Hall–Kier alpha value is -2.99. The third-order valence-corrected chi connectivity index (χ3v) is 6.98. The second-order valence-electron chi connectivity index (χ2n) is 9.01. The molecule has 172 valence electrons. The van der Waals surface area contributed by atoms with Gasteiger partial charge in [0.05, 0.1) is 11.6 Å². The van der Waals surface area contributed by atoms with E-state index in [0.717, 1.165) is 23.1 Å². The van der Waals surface area contributed by atoms with Crippen LogP contribution >= 0.6 is 11.3 Å². The highest BCUT2D eigenvalue weighted by molar-refractivity contribution is 7.10. The smallest absolute Gasteiger partial charge is 0.257 e. The molecule has 1 atom stereocenters. The number of aryl methyl sites for hydroxylation is 1. The van der Waals surface area contributed by atoms with Crippen molar-refractivity contribution in [2.24, 2.45) is 5.92 Å². The lowest BCUT2D eigenvalue weighted by atomic mass is 9.92. The molecular formula is C27H29FN2O2S. The SMILES string of the molecule is Cc1ccc(C2c3ccsc3CCN2C(=O)CN(CC(C)C)C(=O)c2ccccc2F)cc1. The van der Waals surface area contributed by atoms with Gasteiger partial charge in [0, 0.05) is 18.0 Å². The lowest BCUT2D eigenvalue weighted by Gasteiger charge is -2.38. The van der Waals surface area contributed by atoms with Gasteiger partial charge in [-0.25, -0.2) is 4.39 Å². The third-order valence-electron chi connectivity index (χ3n) is 5.98. The van der Waals surface area contributed by atoms with Crippen LogP contribution in [0.3, 0.4) is 0 Å². The van der Waals surface area contributed by atoms with Gasteiger partial charge in [0.1, 0.15) is 12.4 Å². The van der Waals surface area contributed by atoms with Crippen LogP contribution in [0.2, 0.25) is 0 Å². The van der Waals surface area contributed by atoms with Crippen molar-refractivity contribution < 1.29 is 14.0 Å². The van der Waals surface area contributed by atoms with Crippen LogP contribution in [0.25, 0.3) is 0 Å². The first-order valence-electron chi connectivity index (χ1n) is 11.3. The number of hydrogen-bond donors (Lipinski definition) is 0. The number of rotatable bonds is 6. The summed E-state index contributed by atoms with van der Waals surface area (Å²) in [6.45, 7) is 6.91. The van der Waals surface area contributed by atoms with Gasteiger partial charge in [-0.05, 0) is 54.0 Å². The molecule has 3 aromatic rings. The van der Waals surface area contributed by atoms with E-state index in [2.05, 4.69) is 35.7 Å².